The van der Waals surface area contributed by atoms with Crippen LogP contribution in [0.15, 0.2) is 0 Å². The van der Waals surface area contributed by atoms with Gasteiger partial charge in [-0.1, -0.05) is 48.0 Å². The molecule has 8 heteroatoms. The van der Waals surface area contributed by atoms with E-state index in [-0.39, 0.29) is 23.5 Å². The molecule has 0 aromatic rings. The number of ether oxygens (including phenoxy) is 1. The summed E-state index contributed by atoms with van der Waals surface area (Å²) in [4.78, 5) is 38.1. The first kappa shape index (κ1) is 33.8. The predicted octanol–water partition coefficient (Wildman–Crippen LogP) is 2.59. The van der Waals surface area contributed by atoms with Crippen molar-refractivity contribution in [1.82, 2.24) is 9.80 Å². The average molecular weight is 501 g/mol. The molecule has 1 unspecified atom stereocenters. The lowest BCUT2D eigenvalue weighted by Gasteiger charge is -2.26. The highest BCUT2D eigenvalue weighted by molar-refractivity contribution is 5.84. The Balaban J connectivity index is 0.000000506. The summed E-state index contributed by atoms with van der Waals surface area (Å²) >= 11 is 0. The monoisotopic (exact) mass is 500 g/mol. The van der Waals surface area contributed by atoms with E-state index in [4.69, 9.17) is 14.9 Å². The largest absolute Gasteiger partial charge is 0.393 e. The number of rotatable bonds is 11. The molecule has 8 nitrogen and oxygen atoms in total. The number of morpholine rings is 1. The lowest BCUT2D eigenvalue weighted by atomic mass is 10.1. The van der Waals surface area contributed by atoms with Crippen LogP contribution in [0.3, 0.4) is 0 Å². The molecule has 0 saturated carbocycles. The van der Waals surface area contributed by atoms with Crippen molar-refractivity contribution in [2.75, 3.05) is 59.1 Å². The molecule has 0 aromatic heterocycles. The normalized spacial score (nSPS) is 17.9. The fourth-order valence-corrected chi connectivity index (χ4v) is 3.60. The molecular formula is C27H52N2O6. The van der Waals surface area contributed by atoms with E-state index in [2.05, 4.69) is 9.80 Å². The van der Waals surface area contributed by atoms with Gasteiger partial charge in [-0.25, -0.2) is 0 Å². The van der Waals surface area contributed by atoms with Crippen molar-refractivity contribution < 1.29 is 29.3 Å². The summed E-state index contributed by atoms with van der Waals surface area (Å²) in [7, 11) is 0. The van der Waals surface area contributed by atoms with Crippen LogP contribution in [0.5, 0.6) is 0 Å². The second kappa shape index (κ2) is 19.9. The SMILES string of the molecule is CC(C)C(=O)C(O)CO.CC(C)C(=O)CCN1CCCCC1.CC(C)C(=O)CCN1CCOCC1. The quantitative estimate of drug-likeness (QED) is 0.446. The summed E-state index contributed by atoms with van der Waals surface area (Å²) in [5.41, 5.74) is 0. The Hall–Kier alpha value is -1.19. The Bertz CT molecular complexity index is 544. The fraction of sp³-hybridized carbons (Fsp3) is 0.889. The number of ketones is 3. The molecule has 2 aliphatic heterocycles. The molecule has 2 aliphatic rings. The van der Waals surface area contributed by atoms with Gasteiger partial charge < -0.3 is 19.8 Å². The van der Waals surface area contributed by atoms with Crippen LogP contribution in [-0.4, -0.2) is 103 Å². The first-order valence-electron chi connectivity index (χ1n) is 13.4. The molecule has 0 spiro atoms. The van der Waals surface area contributed by atoms with E-state index in [0.29, 0.717) is 18.0 Å². The molecule has 0 aromatic carbocycles. The number of carbonyl (C=O) groups is 3. The molecule has 35 heavy (non-hydrogen) atoms. The number of aliphatic hydroxyl groups excluding tert-OH is 2. The Morgan fingerprint density at radius 2 is 1.14 bits per heavy atom. The number of piperidine rings is 1. The van der Waals surface area contributed by atoms with Gasteiger partial charge in [-0.15, -0.1) is 0 Å². The minimum absolute atomic E-state index is 0.182. The van der Waals surface area contributed by atoms with Crippen LogP contribution in [0.4, 0.5) is 0 Å². The van der Waals surface area contributed by atoms with Crippen LogP contribution in [0.1, 0.15) is 73.6 Å². The smallest absolute Gasteiger partial charge is 0.166 e. The first-order valence-corrected chi connectivity index (χ1v) is 13.4. The summed E-state index contributed by atoms with van der Waals surface area (Å²) in [6.45, 7) is 18.6. The Labute approximate surface area is 213 Å². The molecule has 2 fully saturated rings. The van der Waals surface area contributed by atoms with Gasteiger partial charge in [0.2, 0.25) is 0 Å². The number of aliphatic hydroxyl groups is 2. The van der Waals surface area contributed by atoms with Gasteiger partial charge in [0.25, 0.3) is 0 Å². The topological polar surface area (TPSA) is 107 Å². The second-order valence-corrected chi connectivity index (χ2v) is 10.4. The molecule has 1 atom stereocenters. The highest BCUT2D eigenvalue weighted by Gasteiger charge is 2.16. The number of Topliss-reactive ketones (excluding diaryl/α,β-unsaturated/α-hetero) is 3. The van der Waals surface area contributed by atoms with Gasteiger partial charge in [0, 0.05) is 56.8 Å². The number of likely N-dealkylation sites (tertiary alicyclic amines) is 1. The number of nitrogens with zero attached hydrogens (tertiary/aromatic N) is 2. The third kappa shape index (κ3) is 17.0. The Kier molecular flexibility index (Phi) is 19.3. The molecule has 2 saturated heterocycles. The molecule has 206 valence electrons. The van der Waals surface area contributed by atoms with E-state index in [9.17, 15) is 14.4 Å². The van der Waals surface area contributed by atoms with Crippen molar-refractivity contribution >= 4 is 17.3 Å². The Morgan fingerprint density at radius 1 is 0.714 bits per heavy atom. The third-order valence-electron chi connectivity index (χ3n) is 6.26. The van der Waals surface area contributed by atoms with Crippen molar-refractivity contribution in [1.29, 1.82) is 0 Å². The number of hydrogen-bond acceptors (Lipinski definition) is 8. The second-order valence-electron chi connectivity index (χ2n) is 10.4. The maximum atomic E-state index is 11.4. The van der Waals surface area contributed by atoms with Gasteiger partial charge in [0.1, 0.15) is 17.7 Å². The predicted molar refractivity (Wildman–Crippen MR) is 139 cm³/mol. The molecular weight excluding hydrogens is 448 g/mol. The third-order valence-corrected chi connectivity index (χ3v) is 6.26. The fourth-order valence-electron chi connectivity index (χ4n) is 3.60. The lowest BCUT2D eigenvalue weighted by molar-refractivity contribution is -0.132. The number of hydrogen-bond donors (Lipinski definition) is 2. The van der Waals surface area contributed by atoms with E-state index >= 15 is 0 Å². The summed E-state index contributed by atoms with van der Waals surface area (Å²) < 4.78 is 5.23. The van der Waals surface area contributed by atoms with E-state index in [1.54, 1.807) is 13.8 Å². The first-order chi connectivity index (χ1) is 16.5. The Morgan fingerprint density at radius 3 is 1.49 bits per heavy atom. The van der Waals surface area contributed by atoms with E-state index in [1.807, 2.05) is 27.7 Å². The maximum Gasteiger partial charge on any atom is 0.166 e. The van der Waals surface area contributed by atoms with Gasteiger partial charge in [-0.2, -0.15) is 0 Å². The average Bonchev–Trinajstić information content (AvgIpc) is 2.86. The standard InChI is InChI=1S/C11H21NO.C10H19NO2.C6H12O3/c1-10(2)11(13)6-9-12-7-4-3-5-8-12;1-9(2)10(12)3-4-11-5-7-13-8-6-11;1-4(2)6(9)5(8)3-7/h10H,3-9H2,1-2H3;9H,3-8H2,1-2H3;4-5,7-8H,3H2,1-2H3. The summed E-state index contributed by atoms with van der Waals surface area (Å²) in [6.07, 6.45) is 4.25. The van der Waals surface area contributed by atoms with Gasteiger partial charge in [0.05, 0.1) is 19.8 Å². The van der Waals surface area contributed by atoms with Crippen LogP contribution in [-0.2, 0) is 19.1 Å². The maximum absolute atomic E-state index is 11.4. The number of carbonyl (C=O) groups excluding carboxylic acids is 3. The van der Waals surface area contributed by atoms with Gasteiger partial charge >= 0.3 is 0 Å². The van der Waals surface area contributed by atoms with Crippen LogP contribution in [0.2, 0.25) is 0 Å². The van der Waals surface area contributed by atoms with Gasteiger partial charge in [0.15, 0.2) is 5.78 Å². The summed E-state index contributed by atoms with van der Waals surface area (Å²) in [6, 6.07) is 0. The van der Waals surface area contributed by atoms with Crippen LogP contribution < -0.4 is 0 Å². The van der Waals surface area contributed by atoms with Crippen molar-refractivity contribution in [3.63, 3.8) is 0 Å². The highest BCUT2D eigenvalue weighted by atomic mass is 16.5. The zero-order valence-electron chi connectivity index (χ0n) is 23.1. The van der Waals surface area contributed by atoms with Crippen LogP contribution in [0, 0.1) is 17.8 Å². The van der Waals surface area contributed by atoms with E-state index in [1.165, 1.54) is 32.4 Å². The molecule has 2 N–H and O–H groups in total. The summed E-state index contributed by atoms with van der Waals surface area (Å²) in [5, 5.41) is 17.0. The molecule has 0 aliphatic carbocycles. The van der Waals surface area contributed by atoms with Crippen molar-refractivity contribution in [2.45, 2.75) is 79.8 Å². The molecule has 0 bridgehead atoms. The highest BCUT2D eigenvalue weighted by Crippen LogP contribution is 2.10. The van der Waals surface area contributed by atoms with Crippen molar-refractivity contribution in [3.8, 4) is 0 Å². The molecule has 2 rings (SSSR count). The zero-order valence-corrected chi connectivity index (χ0v) is 23.1. The molecule has 0 radical (unpaired) electrons. The van der Waals surface area contributed by atoms with E-state index < -0.39 is 12.7 Å². The van der Waals surface area contributed by atoms with Gasteiger partial charge in [-0.05, 0) is 25.9 Å². The van der Waals surface area contributed by atoms with Crippen LogP contribution >= 0.6 is 0 Å². The van der Waals surface area contributed by atoms with Gasteiger partial charge in [-0.3, -0.25) is 19.3 Å². The lowest BCUT2D eigenvalue weighted by Crippen LogP contribution is -2.37. The van der Waals surface area contributed by atoms with Crippen molar-refractivity contribution in [2.24, 2.45) is 17.8 Å². The minimum Gasteiger partial charge on any atom is -0.393 e. The molecule has 2 heterocycles. The minimum atomic E-state index is -1.19. The molecule has 0 amide bonds. The zero-order chi connectivity index (χ0) is 26.8. The van der Waals surface area contributed by atoms with E-state index in [0.717, 1.165) is 45.8 Å². The summed E-state index contributed by atoms with van der Waals surface area (Å²) in [5.74, 6) is 0.660. The van der Waals surface area contributed by atoms with Crippen molar-refractivity contribution in [3.05, 3.63) is 0 Å². The van der Waals surface area contributed by atoms with Crippen LogP contribution in [0.25, 0.3) is 0 Å².